The van der Waals surface area contributed by atoms with Crippen molar-refractivity contribution < 1.29 is 12.8 Å². The van der Waals surface area contributed by atoms with Gasteiger partial charge < -0.3 is 5.32 Å². The van der Waals surface area contributed by atoms with Gasteiger partial charge in [-0.05, 0) is 42.5 Å². The summed E-state index contributed by atoms with van der Waals surface area (Å²) in [5, 5.41) is 3.45. The van der Waals surface area contributed by atoms with Crippen LogP contribution >= 0.6 is 0 Å². The van der Waals surface area contributed by atoms with Gasteiger partial charge in [-0.2, -0.15) is 0 Å². The molecule has 1 aliphatic heterocycles. The Balaban J connectivity index is 1.23. The topological polar surface area (TPSA) is 49.4 Å². The third-order valence-electron chi connectivity index (χ3n) is 6.21. The normalized spacial score (nSPS) is 24.3. The van der Waals surface area contributed by atoms with E-state index in [-0.39, 0.29) is 0 Å². The fraction of sp³-hybridized carbons (Fsp3) is 0.478. The molecule has 6 heteroatoms. The van der Waals surface area contributed by atoms with Crippen molar-refractivity contribution in [1.29, 1.82) is 0 Å². The van der Waals surface area contributed by atoms with E-state index in [1.807, 2.05) is 18.2 Å². The van der Waals surface area contributed by atoms with Crippen molar-refractivity contribution in [3.63, 3.8) is 0 Å². The maximum absolute atomic E-state index is 15.2. The predicted octanol–water partition coefficient (Wildman–Crippen LogP) is 3.54. The molecule has 2 fully saturated rings. The number of nitrogens with one attached hydrogen (secondary N) is 1. The molecule has 0 radical (unpaired) electrons. The highest BCUT2D eigenvalue weighted by molar-refractivity contribution is 7.90. The summed E-state index contributed by atoms with van der Waals surface area (Å²) in [6, 6.07) is 17.9. The largest absolute Gasteiger partial charge is 0.310 e. The quantitative estimate of drug-likeness (QED) is 0.750. The van der Waals surface area contributed by atoms with Crippen molar-refractivity contribution in [2.75, 3.05) is 25.9 Å². The van der Waals surface area contributed by atoms with Crippen molar-refractivity contribution in [3.05, 3.63) is 65.7 Å². The molecule has 2 atom stereocenters. The minimum Gasteiger partial charge on any atom is -0.310 e. The highest BCUT2D eigenvalue weighted by Crippen LogP contribution is 2.41. The molecule has 0 amide bonds. The second kappa shape index (κ2) is 8.17. The van der Waals surface area contributed by atoms with Gasteiger partial charge in [0.25, 0.3) is 0 Å². The zero-order valence-corrected chi connectivity index (χ0v) is 17.7. The molecule has 2 aromatic carbocycles. The molecule has 156 valence electrons. The second-order valence-electron chi connectivity index (χ2n) is 8.58. The van der Waals surface area contributed by atoms with Crippen LogP contribution in [-0.2, 0) is 16.4 Å². The summed E-state index contributed by atoms with van der Waals surface area (Å²) in [5.41, 5.74) is 1.26. The van der Waals surface area contributed by atoms with E-state index < -0.39 is 15.5 Å². The Labute approximate surface area is 173 Å². The van der Waals surface area contributed by atoms with E-state index in [1.165, 1.54) is 11.8 Å². The number of alkyl halides is 1. The summed E-state index contributed by atoms with van der Waals surface area (Å²) in [6.45, 7) is 2.60. The first kappa shape index (κ1) is 20.5. The third-order valence-corrected chi connectivity index (χ3v) is 7.34. The molecule has 0 aromatic heterocycles. The second-order valence-corrected chi connectivity index (χ2v) is 10.6. The Morgan fingerprint density at radius 1 is 1.07 bits per heavy atom. The van der Waals surface area contributed by atoms with Gasteiger partial charge in [0.05, 0.1) is 4.90 Å². The van der Waals surface area contributed by atoms with Gasteiger partial charge in [-0.3, -0.25) is 4.90 Å². The van der Waals surface area contributed by atoms with Crippen molar-refractivity contribution >= 4 is 9.84 Å². The van der Waals surface area contributed by atoms with E-state index in [9.17, 15) is 8.42 Å². The highest BCUT2D eigenvalue weighted by atomic mass is 32.2. The van der Waals surface area contributed by atoms with Gasteiger partial charge in [-0.15, -0.1) is 0 Å². The summed E-state index contributed by atoms with van der Waals surface area (Å²) < 4.78 is 38.4. The monoisotopic (exact) mass is 416 g/mol. The number of rotatable bonds is 7. The van der Waals surface area contributed by atoms with E-state index >= 15 is 4.39 Å². The van der Waals surface area contributed by atoms with Crippen LogP contribution in [-0.4, -0.2) is 50.9 Å². The first-order valence-corrected chi connectivity index (χ1v) is 12.2. The first-order chi connectivity index (χ1) is 13.8. The molecule has 2 aromatic rings. The summed E-state index contributed by atoms with van der Waals surface area (Å²) in [5.74, 6) is 0.523. The van der Waals surface area contributed by atoms with Crippen LogP contribution in [0.15, 0.2) is 59.5 Å². The van der Waals surface area contributed by atoms with Crippen LogP contribution in [0, 0.1) is 0 Å². The van der Waals surface area contributed by atoms with Gasteiger partial charge in [0, 0.05) is 44.4 Å². The molecule has 2 aliphatic rings. The van der Waals surface area contributed by atoms with Crippen LogP contribution in [0.5, 0.6) is 0 Å². The van der Waals surface area contributed by atoms with Crippen molar-refractivity contribution in [2.24, 2.45) is 0 Å². The van der Waals surface area contributed by atoms with E-state index in [2.05, 4.69) is 34.5 Å². The van der Waals surface area contributed by atoms with Crippen LogP contribution in [0.1, 0.15) is 36.3 Å². The predicted molar refractivity (Wildman–Crippen MR) is 113 cm³/mol. The van der Waals surface area contributed by atoms with Crippen LogP contribution in [0.25, 0.3) is 0 Å². The Kier molecular flexibility index (Phi) is 5.78. The SMILES string of the molecule is CS(=O)(=O)c1ccc(CN2CCC(F)(CN[C@@H]3C[C@H]3c3ccccc3)CC2)cc1. The fourth-order valence-electron chi connectivity index (χ4n) is 4.19. The lowest BCUT2D eigenvalue weighted by Crippen LogP contribution is -2.47. The smallest absolute Gasteiger partial charge is 0.175 e. The highest BCUT2D eigenvalue weighted by Gasteiger charge is 2.41. The standard InChI is InChI=1S/C23H29FN2O2S/c1-29(27,28)20-9-7-18(8-10-20)16-26-13-11-23(24,12-14-26)17-25-22-15-21(22)19-5-3-2-4-6-19/h2-10,21-22,25H,11-17H2,1H3/t21-,22+/m0/s1. The number of likely N-dealkylation sites (tertiary alicyclic amines) is 1. The molecule has 1 saturated heterocycles. The maximum Gasteiger partial charge on any atom is 0.175 e. The van der Waals surface area contributed by atoms with Gasteiger partial charge in [0.1, 0.15) is 5.67 Å². The number of sulfone groups is 1. The number of nitrogens with zero attached hydrogens (tertiary/aromatic N) is 1. The lowest BCUT2D eigenvalue weighted by molar-refractivity contribution is 0.0544. The fourth-order valence-corrected chi connectivity index (χ4v) is 4.82. The van der Waals surface area contributed by atoms with Gasteiger partial charge in [-0.25, -0.2) is 12.8 Å². The number of hydrogen-bond acceptors (Lipinski definition) is 4. The third kappa shape index (κ3) is 5.24. The molecular formula is C23H29FN2O2S. The Bertz CT molecular complexity index is 923. The van der Waals surface area contributed by atoms with Crippen LogP contribution in [0.2, 0.25) is 0 Å². The van der Waals surface area contributed by atoms with Crippen molar-refractivity contribution in [1.82, 2.24) is 10.2 Å². The van der Waals surface area contributed by atoms with E-state index in [1.54, 1.807) is 12.1 Å². The summed E-state index contributed by atoms with van der Waals surface area (Å²) in [7, 11) is -3.17. The van der Waals surface area contributed by atoms with Gasteiger partial charge in [-0.1, -0.05) is 42.5 Å². The first-order valence-electron chi connectivity index (χ1n) is 10.3. The molecule has 4 rings (SSSR count). The molecule has 1 aliphatic carbocycles. The minimum atomic E-state index is -3.17. The van der Waals surface area contributed by atoms with Crippen LogP contribution < -0.4 is 5.32 Å². The summed E-state index contributed by atoms with van der Waals surface area (Å²) in [6.07, 6.45) is 3.37. The summed E-state index contributed by atoms with van der Waals surface area (Å²) in [4.78, 5) is 2.58. The zero-order valence-electron chi connectivity index (χ0n) is 16.9. The number of piperidine rings is 1. The molecule has 4 nitrogen and oxygen atoms in total. The lowest BCUT2D eigenvalue weighted by Gasteiger charge is -2.36. The van der Waals surface area contributed by atoms with Gasteiger partial charge >= 0.3 is 0 Å². The van der Waals surface area contributed by atoms with Crippen LogP contribution in [0.4, 0.5) is 4.39 Å². The number of hydrogen-bond donors (Lipinski definition) is 1. The van der Waals surface area contributed by atoms with Gasteiger partial charge in [0.15, 0.2) is 9.84 Å². The Morgan fingerprint density at radius 3 is 2.34 bits per heavy atom. The van der Waals surface area contributed by atoms with E-state index in [4.69, 9.17) is 0 Å². The molecule has 0 spiro atoms. The molecular weight excluding hydrogens is 387 g/mol. The Hall–Kier alpha value is -1.76. The lowest BCUT2D eigenvalue weighted by atomic mass is 9.93. The van der Waals surface area contributed by atoms with E-state index in [0.717, 1.165) is 31.6 Å². The zero-order chi connectivity index (χ0) is 20.5. The molecule has 29 heavy (non-hydrogen) atoms. The molecule has 1 saturated carbocycles. The van der Waals surface area contributed by atoms with Crippen molar-refractivity contribution in [3.8, 4) is 0 Å². The molecule has 1 heterocycles. The molecule has 0 unspecified atom stereocenters. The van der Waals surface area contributed by atoms with E-state index in [0.29, 0.717) is 36.2 Å². The number of halogens is 1. The van der Waals surface area contributed by atoms with Crippen molar-refractivity contribution in [2.45, 2.75) is 48.3 Å². The average Bonchev–Trinajstić information content (AvgIpc) is 3.49. The van der Waals surface area contributed by atoms with Crippen LogP contribution in [0.3, 0.4) is 0 Å². The Morgan fingerprint density at radius 2 is 1.72 bits per heavy atom. The summed E-state index contributed by atoms with van der Waals surface area (Å²) >= 11 is 0. The number of benzene rings is 2. The molecule has 0 bridgehead atoms. The van der Waals surface area contributed by atoms with Gasteiger partial charge in [0.2, 0.25) is 0 Å². The maximum atomic E-state index is 15.2. The minimum absolute atomic E-state index is 0.336. The molecule has 1 N–H and O–H groups in total. The average molecular weight is 417 g/mol.